The third-order valence-electron chi connectivity index (χ3n) is 4.90. The number of ether oxygens (including phenoxy) is 1. The van der Waals surface area contributed by atoms with Gasteiger partial charge in [-0.05, 0) is 45.9 Å². The molecule has 0 bridgehead atoms. The highest BCUT2D eigenvalue weighted by molar-refractivity contribution is 7.91. The first-order valence-corrected chi connectivity index (χ1v) is 11.3. The third-order valence-corrected chi connectivity index (χ3v) is 6.63. The molecule has 0 N–H and O–H groups in total. The normalized spacial score (nSPS) is 11.5. The summed E-state index contributed by atoms with van der Waals surface area (Å²) >= 11 is 0. The maximum absolute atomic E-state index is 12.6. The van der Waals surface area contributed by atoms with E-state index in [9.17, 15) is 18.0 Å². The summed E-state index contributed by atoms with van der Waals surface area (Å²) in [5.74, 6) is -0.308. The Morgan fingerprint density at radius 1 is 1.06 bits per heavy atom. The third kappa shape index (κ3) is 5.11. The molecule has 0 aliphatic carbocycles. The predicted octanol–water partition coefficient (Wildman–Crippen LogP) is 3.29. The topological polar surface area (TPSA) is 108 Å². The van der Waals surface area contributed by atoms with E-state index in [2.05, 4.69) is 5.16 Å². The lowest BCUT2D eigenvalue weighted by molar-refractivity contribution is -0.142. The molecule has 0 aliphatic heterocycles. The summed E-state index contributed by atoms with van der Waals surface area (Å²) in [5.41, 5.74) is 2.77. The van der Waals surface area contributed by atoms with Crippen LogP contribution in [0.3, 0.4) is 0 Å². The number of carbonyl (C=O) groups is 2. The maximum Gasteiger partial charge on any atom is 0.307 e. The van der Waals surface area contributed by atoms with Crippen molar-refractivity contribution in [1.29, 1.82) is 0 Å². The molecule has 0 amide bonds. The molecule has 9 heteroatoms. The average Bonchev–Trinajstić information content (AvgIpc) is 3.27. The molecule has 3 aromatic rings. The Morgan fingerprint density at radius 3 is 2.35 bits per heavy atom. The minimum atomic E-state index is -3.61. The van der Waals surface area contributed by atoms with Crippen LogP contribution in [0.15, 0.2) is 45.8 Å². The molecule has 0 spiro atoms. The summed E-state index contributed by atoms with van der Waals surface area (Å²) in [6.45, 7) is 6.76. The van der Waals surface area contributed by atoms with Crippen LogP contribution in [-0.2, 0) is 19.4 Å². The molecular weight excluding hydrogens is 420 g/mol. The fourth-order valence-electron chi connectivity index (χ4n) is 3.23. The largest absolute Gasteiger partial charge is 0.457 e. The van der Waals surface area contributed by atoms with Gasteiger partial charge >= 0.3 is 5.97 Å². The summed E-state index contributed by atoms with van der Waals surface area (Å²) < 4.78 is 36.6. The number of nitrogens with zero attached hydrogens (tertiary/aromatic N) is 2. The van der Waals surface area contributed by atoms with Crippen molar-refractivity contribution >= 4 is 21.6 Å². The summed E-state index contributed by atoms with van der Waals surface area (Å²) in [6.07, 6.45) is -0.333. The van der Waals surface area contributed by atoms with Gasteiger partial charge in [0.25, 0.3) is 0 Å². The molecular formula is C22H24N2O6S. The van der Waals surface area contributed by atoms with Gasteiger partial charge in [-0.15, -0.1) is 0 Å². The molecule has 1 aromatic carbocycles. The summed E-state index contributed by atoms with van der Waals surface area (Å²) in [4.78, 5) is 24.8. The quantitative estimate of drug-likeness (QED) is 0.387. The average molecular weight is 445 g/mol. The zero-order chi connectivity index (χ0) is 22.8. The second-order valence-electron chi connectivity index (χ2n) is 7.38. The van der Waals surface area contributed by atoms with Crippen LogP contribution >= 0.6 is 0 Å². The van der Waals surface area contributed by atoms with Crippen LogP contribution in [0, 0.1) is 27.7 Å². The van der Waals surface area contributed by atoms with Crippen molar-refractivity contribution in [1.82, 2.24) is 9.72 Å². The number of ketones is 1. The van der Waals surface area contributed by atoms with E-state index in [-0.39, 0.29) is 22.9 Å². The van der Waals surface area contributed by atoms with Crippen molar-refractivity contribution < 1.29 is 27.3 Å². The number of esters is 1. The van der Waals surface area contributed by atoms with Crippen LogP contribution in [0.1, 0.15) is 39.5 Å². The second-order valence-corrected chi connectivity index (χ2v) is 9.49. The first-order valence-electron chi connectivity index (χ1n) is 9.69. The van der Waals surface area contributed by atoms with Crippen molar-refractivity contribution in [2.24, 2.45) is 0 Å². The number of rotatable bonds is 8. The van der Waals surface area contributed by atoms with Gasteiger partial charge in [0.05, 0.1) is 17.1 Å². The van der Waals surface area contributed by atoms with Gasteiger partial charge in [-0.1, -0.05) is 22.9 Å². The minimum absolute atomic E-state index is 0.150. The smallest absolute Gasteiger partial charge is 0.307 e. The van der Waals surface area contributed by atoms with Crippen molar-refractivity contribution in [2.45, 2.75) is 39.0 Å². The number of benzene rings is 1. The van der Waals surface area contributed by atoms with Crippen molar-refractivity contribution in [3.05, 3.63) is 64.7 Å². The monoisotopic (exact) mass is 444 g/mol. The predicted molar refractivity (Wildman–Crippen MR) is 113 cm³/mol. The zero-order valence-electron chi connectivity index (χ0n) is 17.8. The van der Waals surface area contributed by atoms with Gasteiger partial charge in [0.2, 0.25) is 5.78 Å². The molecule has 2 heterocycles. The molecule has 8 nitrogen and oxygen atoms in total. The number of aromatic nitrogens is 2. The SMILES string of the molecule is Cc1ccc(S(=O)(=O)CCC(=O)OCC(=O)c2cc(C)n(-c3cc(C)on3)c2C)cc1. The lowest BCUT2D eigenvalue weighted by atomic mass is 10.1. The molecule has 0 aliphatic rings. The van der Waals surface area contributed by atoms with Crippen molar-refractivity contribution in [3.8, 4) is 5.82 Å². The van der Waals surface area contributed by atoms with Gasteiger partial charge in [0.15, 0.2) is 22.3 Å². The molecule has 0 atom stereocenters. The summed E-state index contributed by atoms with van der Waals surface area (Å²) in [5, 5.41) is 3.97. The highest BCUT2D eigenvalue weighted by atomic mass is 32.2. The van der Waals surface area contributed by atoms with E-state index >= 15 is 0 Å². The molecule has 2 aromatic heterocycles. The van der Waals surface area contributed by atoms with Crippen LogP contribution in [0.2, 0.25) is 0 Å². The highest BCUT2D eigenvalue weighted by Gasteiger charge is 2.21. The standard InChI is InChI=1S/C22H24N2O6S/c1-14-5-7-18(8-6-14)31(27,28)10-9-22(26)29-13-20(25)19-11-15(2)24(17(19)4)21-12-16(3)30-23-21/h5-8,11-12H,9-10,13H2,1-4H3. The molecule has 0 unspecified atom stereocenters. The molecule has 3 rings (SSSR count). The van der Waals surface area contributed by atoms with Crippen LogP contribution in [0.25, 0.3) is 5.82 Å². The highest BCUT2D eigenvalue weighted by Crippen LogP contribution is 2.21. The number of hydrogen-bond donors (Lipinski definition) is 0. The lowest BCUT2D eigenvalue weighted by Gasteiger charge is -2.07. The van der Waals surface area contributed by atoms with Crippen LogP contribution in [0.4, 0.5) is 0 Å². The van der Waals surface area contributed by atoms with Gasteiger partial charge in [-0.25, -0.2) is 8.42 Å². The van der Waals surface area contributed by atoms with E-state index in [1.807, 2.05) is 13.8 Å². The number of sulfone groups is 1. The Morgan fingerprint density at radius 2 is 1.74 bits per heavy atom. The first kappa shape index (κ1) is 22.5. The number of carbonyl (C=O) groups excluding carboxylic acids is 2. The molecule has 0 fully saturated rings. The number of hydrogen-bond acceptors (Lipinski definition) is 7. The van der Waals surface area contributed by atoms with Gasteiger partial charge in [-0.3, -0.25) is 14.2 Å². The molecule has 0 saturated carbocycles. The summed E-state index contributed by atoms with van der Waals surface area (Å²) in [7, 11) is -3.61. The number of aryl methyl sites for hydroxylation is 3. The fourth-order valence-corrected chi connectivity index (χ4v) is 4.46. The Balaban J connectivity index is 1.59. The minimum Gasteiger partial charge on any atom is -0.457 e. The van der Waals surface area contributed by atoms with Gasteiger partial charge in [0.1, 0.15) is 5.76 Å². The van der Waals surface area contributed by atoms with Gasteiger partial charge in [0, 0.05) is 23.0 Å². The van der Waals surface area contributed by atoms with E-state index in [4.69, 9.17) is 9.26 Å². The van der Waals surface area contributed by atoms with E-state index in [1.165, 1.54) is 12.1 Å². The van der Waals surface area contributed by atoms with Crippen molar-refractivity contribution in [3.63, 3.8) is 0 Å². The summed E-state index contributed by atoms with van der Waals surface area (Å²) in [6, 6.07) is 9.85. The van der Waals surface area contributed by atoms with E-state index in [0.29, 0.717) is 22.8 Å². The second kappa shape index (κ2) is 8.89. The van der Waals surface area contributed by atoms with E-state index < -0.39 is 22.4 Å². The molecule has 0 saturated heterocycles. The van der Waals surface area contributed by atoms with Gasteiger partial charge in [-0.2, -0.15) is 0 Å². The van der Waals surface area contributed by atoms with Crippen molar-refractivity contribution in [2.75, 3.05) is 12.4 Å². The fraction of sp³-hybridized carbons (Fsp3) is 0.318. The molecule has 31 heavy (non-hydrogen) atoms. The Bertz CT molecular complexity index is 1220. The van der Waals surface area contributed by atoms with Gasteiger partial charge < -0.3 is 9.26 Å². The Kier molecular flexibility index (Phi) is 6.45. The zero-order valence-corrected chi connectivity index (χ0v) is 18.7. The van der Waals surface area contributed by atoms with Crippen LogP contribution in [-0.4, -0.2) is 42.3 Å². The van der Waals surface area contributed by atoms with E-state index in [0.717, 1.165) is 11.3 Å². The first-order chi connectivity index (χ1) is 14.6. The Hall–Kier alpha value is -3.20. The Labute approximate surface area is 180 Å². The lowest BCUT2D eigenvalue weighted by Crippen LogP contribution is -2.18. The molecule has 0 radical (unpaired) electrons. The maximum atomic E-state index is 12.6. The number of Topliss-reactive ketones (excluding diaryl/α,β-unsaturated/α-hetero) is 1. The van der Waals surface area contributed by atoms with E-state index in [1.54, 1.807) is 42.7 Å². The molecule has 164 valence electrons. The van der Waals surface area contributed by atoms with Crippen LogP contribution in [0.5, 0.6) is 0 Å². The van der Waals surface area contributed by atoms with Crippen LogP contribution < -0.4 is 0 Å².